The van der Waals surface area contributed by atoms with Gasteiger partial charge >= 0.3 is 0 Å². The van der Waals surface area contributed by atoms with Gasteiger partial charge in [0.25, 0.3) is 5.91 Å². The predicted octanol–water partition coefficient (Wildman–Crippen LogP) is 1.53. The highest BCUT2D eigenvalue weighted by molar-refractivity contribution is 5.92. The van der Waals surface area contributed by atoms with Crippen molar-refractivity contribution < 1.29 is 4.79 Å². The fourth-order valence-corrected chi connectivity index (χ4v) is 2.92. The molecule has 1 aromatic heterocycles. The second-order valence-corrected chi connectivity index (χ2v) is 5.77. The standard InChI is InChI=1S/C16H21N5O/c1-12-5-4-7-13(9-12)21-11-15(18-19-21)16(22)20-8-3-2-6-14(20)10-17/h4-5,7,9,11,14H,2-3,6,8,10,17H2,1H3. The van der Waals surface area contributed by atoms with E-state index >= 15 is 0 Å². The van der Waals surface area contributed by atoms with Gasteiger partial charge in [-0.2, -0.15) is 0 Å². The van der Waals surface area contributed by atoms with Gasteiger partial charge < -0.3 is 10.6 Å². The third-order valence-corrected chi connectivity index (χ3v) is 4.14. The van der Waals surface area contributed by atoms with Gasteiger partial charge in [0.1, 0.15) is 0 Å². The van der Waals surface area contributed by atoms with Gasteiger partial charge in [-0.25, -0.2) is 4.68 Å². The highest BCUT2D eigenvalue weighted by Crippen LogP contribution is 2.18. The number of carbonyl (C=O) groups is 1. The van der Waals surface area contributed by atoms with Crippen molar-refractivity contribution in [2.75, 3.05) is 13.1 Å². The molecule has 1 saturated heterocycles. The van der Waals surface area contributed by atoms with Crippen molar-refractivity contribution in [3.63, 3.8) is 0 Å². The average Bonchev–Trinajstić information content (AvgIpc) is 3.04. The summed E-state index contributed by atoms with van der Waals surface area (Å²) in [7, 11) is 0. The number of likely N-dealkylation sites (tertiary alicyclic amines) is 1. The van der Waals surface area contributed by atoms with Crippen LogP contribution < -0.4 is 5.73 Å². The molecule has 2 N–H and O–H groups in total. The number of carbonyl (C=O) groups excluding carboxylic acids is 1. The molecule has 22 heavy (non-hydrogen) atoms. The lowest BCUT2D eigenvalue weighted by Crippen LogP contribution is -2.47. The molecule has 0 radical (unpaired) electrons. The number of aryl methyl sites for hydroxylation is 1. The first-order chi connectivity index (χ1) is 10.7. The molecular formula is C16H21N5O. The van der Waals surface area contributed by atoms with Gasteiger partial charge in [-0.3, -0.25) is 4.79 Å². The Kier molecular flexibility index (Phi) is 4.20. The fourth-order valence-electron chi connectivity index (χ4n) is 2.92. The van der Waals surface area contributed by atoms with Gasteiger partial charge in [-0.05, 0) is 43.9 Å². The zero-order valence-electron chi connectivity index (χ0n) is 12.8. The van der Waals surface area contributed by atoms with E-state index in [9.17, 15) is 4.79 Å². The Bertz CT molecular complexity index is 666. The summed E-state index contributed by atoms with van der Waals surface area (Å²) in [6, 6.07) is 8.05. The highest BCUT2D eigenvalue weighted by Gasteiger charge is 2.28. The van der Waals surface area contributed by atoms with Crippen LogP contribution in [0.5, 0.6) is 0 Å². The lowest BCUT2D eigenvalue weighted by molar-refractivity contribution is 0.0617. The minimum absolute atomic E-state index is 0.0750. The fraction of sp³-hybridized carbons (Fsp3) is 0.438. The van der Waals surface area contributed by atoms with Crippen molar-refractivity contribution in [2.45, 2.75) is 32.2 Å². The van der Waals surface area contributed by atoms with Gasteiger partial charge in [-0.15, -0.1) is 5.10 Å². The average molecular weight is 299 g/mol. The third kappa shape index (κ3) is 2.87. The van der Waals surface area contributed by atoms with Crippen LogP contribution in [0.2, 0.25) is 0 Å². The number of hydrogen-bond acceptors (Lipinski definition) is 4. The second-order valence-electron chi connectivity index (χ2n) is 5.77. The minimum Gasteiger partial charge on any atom is -0.333 e. The zero-order valence-corrected chi connectivity index (χ0v) is 12.8. The minimum atomic E-state index is -0.0750. The molecule has 1 unspecified atom stereocenters. The first-order valence-electron chi connectivity index (χ1n) is 7.69. The quantitative estimate of drug-likeness (QED) is 0.932. The summed E-state index contributed by atoms with van der Waals surface area (Å²) >= 11 is 0. The normalized spacial score (nSPS) is 18.5. The molecule has 3 rings (SSSR count). The third-order valence-electron chi connectivity index (χ3n) is 4.14. The van der Waals surface area contributed by atoms with Crippen LogP contribution in [0, 0.1) is 6.92 Å². The van der Waals surface area contributed by atoms with E-state index in [0.717, 1.165) is 37.1 Å². The second kappa shape index (κ2) is 6.27. The Labute approximate surface area is 129 Å². The van der Waals surface area contributed by atoms with Crippen molar-refractivity contribution in [1.82, 2.24) is 19.9 Å². The molecule has 1 aromatic carbocycles. The molecule has 1 amide bonds. The number of hydrogen-bond donors (Lipinski definition) is 1. The summed E-state index contributed by atoms with van der Waals surface area (Å²) in [6.45, 7) is 3.27. The molecule has 1 aliphatic rings. The van der Waals surface area contributed by atoms with Crippen LogP contribution in [0.15, 0.2) is 30.5 Å². The molecule has 0 bridgehead atoms. The van der Waals surface area contributed by atoms with Crippen LogP contribution in [0.3, 0.4) is 0 Å². The summed E-state index contributed by atoms with van der Waals surface area (Å²) in [4.78, 5) is 14.5. The molecule has 0 saturated carbocycles. The molecular weight excluding hydrogens is 278 g/mol. The summed E-state index contributed by atoms with van der Waals surface area (Å²) < 4.78 is 1.64. The summed E-state index contributed by atoms with van der Waals surface area (Å²) in [5.74, 6) is -0.0750. The summed E-state index contributed by atoms with van der Waals surface area (Å²) in [5.41, 5.74) is 8.21. The van der Waals surface area contributed by atoms with E-state index in [1.807, 2.05) is 36.1 Å². The molecule has 2 heterocycles. The number of piperidine rings is 1. The Hall–Kier alpha value is -2.21. The molecule has 1 aliphatic heterocycles. The van der Waals surface area contributed by atoms with E-state index in [1.54, 1.807) is 10.9 Å². The zero-order chi connectivity index (χ0) is 15.5. The predicted molar refractivity (Wildman–Crippen MR) is 83.8 cm³/mol. The van der Waals surface area contributed by atoms with Gasteiger partial charge in [-0.1, -0.05) is 17.3 Å². The van der Waals surface area contributed by atoms with Crippen molar-refractivity contribution in [3.05, 3.63) is 41.7 Å². The molecule has 6 nitrogen and oxygen atoms in total. The highest BCUT2D eigenvalue weighted by atomic mass is 16.2. The Balaban J connectivity index is 1.82. The van der Waals surface area contributed by atoms with Crippen molar-refractivity contribution in [3.8, 4) is 5.69 Å². The Morgan fingerprint density at radius 3 is 3.05 bits per heavy atom. The van der Waals surface area contributed by atoms with E-state index in [4.69, 9.17) is 5.73 Å². The number of amides is 1. The lowest BCUT2D eigenvalue weighted by Gasteiger charge is -2.34. The lowest BCUT2D eigenvalue weighted by atomic mass is 10.0. The van der Waals surface area contributed by atoms with E-state index in [0.29, 0.717) is 12.2 Å². The Morgan fingerprint density at radius 2 is 2.27 bits per heavy atom. The van der Waals surface area contributed by atoms with Gasteiger partial charge in [0.15, 0.2) is 5.69 Å². The summed E-state index contributed by atoms with van der Waals surface area (Å²) in [5, 5.41) is 8.13. The van der Waals surface area contributed by atoms with Crippen molar-refractivity contribution in [2.24, 2.45) is 5.73 Å². The molecule has 0 spiro atoms. The van der Waals surface area contributed by atoms with Crippen LogP contribution in [0.25, 0.3) is 5.69 Å². The number of nitrogens with two attached hydrogens (primary N) is 1. The molecule has 0 aliphatic carbocycles. The van der Waals surface area contributed by atoms with Crippen LogP contribution >= 0.6 is 0 Å². The van der Waals surface area contributed by atoms with Crippen molar-refractivity contribution >= 4 is 5.91 Å². The maximum absolute atomic E-state index is 12.6. The number of benzene rings is 1. The Morgan fingerprint density at radius 1 is 1.41 bits per heavy atom. The van der Waals surface area contributed by atoms with Gasteiger partial charge in [0, 0.05) is 19.1 Å². The van der Waals surface area contributed by atoms with Crippen LogP contribution in [-0.2, 0) is 0 Å². The number of aromatic nitrogens is 3. The smallest absolute Gasteiger partial charge is 0.276 e. The maximum Gasteiger partial charge on any atom is 0.276 e. The molecule has 1 atom stereocenters. The molecule has 116 valence electrons. The number of rotatable bonds is 3. The van der Waals surface area contributed by atoms with E-state index in [1.165, 1.54) is 0 Å². The van der Waals surface area contributed by atoms with Crippen LogP contribution in [0.1, 0.15) is 35.3 Å². The molecule has 1 fully saturated rings. The SMILES string of the molecule is Cc1cccc(-n2cc(C(=O)N3CCCCC3CN)nn2)c1. The van der Waals surface area contributed by atoms with E-state index in [2.05, 4.69) is 10.3 Å². The molecule has 2 aromatic rings. The van der Waals surface area contributed by atoms with E-state index < -0.39 is 0 Å². The topological polar surface area (TPSA) is 77.0 Å². The van der Waals surface area contributed by atoms with Gasteiger partial charge in [0.2, 0.25) is 0 Å². The largest absolute Gasteiger partial charge is 0.333 e. The van der Waals surface area contributed by atoms with E-state index in [-0.39, 0.29) is 11.9 Å². The summed E-state index contributed by atoms with van der Waals surface area (Å²) in [6.07, 6.45) is 4.81. The maximum atomic E-state index is 12.6. The number of nitrogens with zero attached hydrogens (tertiary/aromatic N) is 4. The first kappa shape index (κ1) is 14.7. The van der Waals surface area contributed by atoms with Gasteiger partial charge in [0.05, 0.1) is 11.9 Å². The molecule has 6 heteroatoms. The first-order valence-corrected chi connectivity index (χ1v) is 7.69. The van der Waals surface area contributed by atoms with Crippen LogP contribution in [0.4, 0.5) is 0 Å². The van der Waals surface area contributed by atoms with Crippen LogP contribution in [-0.4, -0.2) is 44.9 Å². The van der Waals surface area contributed by atoms with Crippen molar-refractivity contribution in [1.29, 1.82) is 0 Å². The monoisotopic (exact) mass is 299 g/mol.